The molecule has 5 heteroatoms. The minimum atomic E-state index is -0.246. The predicted octanol–water partition coefficient (Wildman–Crippen LogP) is 2.87. The number of thioether (sulfide) groups is 1. The Kier molecular flexibility index (Phi) is 4.96. The molecular formula is C14H17NO2S2. The summed E-state index contributed by atoms with van der Waals surface area (Å²) in [5, 5.41) is 0. The van der Waals surface area contributed by atoms with Gasteiger partial charge in [0.2, 0.25) is 5.91 Å². The van der Waals surface area contributed by atoms with E-state index in [1.54, 1.807) is 23.8 Å². The van der Waals surface area contributed by atoms with E-state index >= 15 is 0 Å². The van der Waals surface area contributed by atoms with Crippen molar-refractivity contribution in [3.8, 4) is 0 Å². The van der Waals surface area contributed by atoms with E-state index in [4.69, 9.17) is 17.0 Å². The summed E-state index contributed by atoms with van der Waals surface area (Å²) in [6, 6.07) is 9.82. The Labute approximate surface area is 123 Å². The minimum Gasteiger partial charge on any atom is -0.376 e. The van der Waals surface area contributed by atoms with E-state index in [2.05, 4.69) is 0 Å². The first kappa shape index (κ1) is 14.5. The maximum atomic E-state index is 12.5. The van der Waals surface area contributed by atoms with Crippen molar-refractivity contribution in [1.82, 2.24) is 4.90 Å². The van der Waals surface area contributed by atoms with Crippen LogP contribution in [0, 0.1) is 5.92 Å². The quantitative estimate of drug-likeness (QED) is 0.799. The predicted molar refractivity (Wildman–Crippen MR) is 82.1 cm³/mol. The monoisotopic (exact) mass is 295 g/mol. The molecule has 1 aromatic carbocycles. The molecule has 1 aliphatic heterocycles. The van der Waals surface area contributed by atoms with E-state index in [1.165, 1.54) is 0 Å². The van der Waals surface area contributed by atoms with Crippen LogP contribution in [0.15, 0.2) is 30.3 Å². The summed E-state index contributed by atoms with van der Waals surface area (Å²) >= 11 is 6.76. The summed E-state index contributed by atoms with van der Waals surface area (Å²) in [6.07, 6.45) is -0.234. The van der Waals surface area contributed by atoms with Gasteiger partial charge in [0.05, 0.1) is 12.0 Å². The SMILES string of the molecule is CO[C@@H](c1ccccc1)[C@@H](C)C(=O)N1CCSC1=S. The van der Waals surface area contributed by atoms with Crippen LogP contribution in [0.2, 0.25) is 0 Å². The zero-order chi connectivity index (χ0) is 13.8. The van der Waals surface area contributed by atoms with Crippen molar-refractivity contribution in [3.05, 3.63) is 35.9 Å². The van der Waals surface area contributed by atoms with Gasteiger partial charge in [0.1, 0.15) is 4.32 Å². The molecule has 0 aliphatic carbocycles. The molecule has 0 N–H and O–H groups in total. The number of ether oxygens (including phenoxy) is 1. The van der Waals surface area contributed by atoms with Crippen LogP contribution in [0.3, 0.4) is 0 Å². The molecule has 2 atom stereocenters. The molecule has 1 aromatic rings. The highest BCUT2D eigenvalue weighted by atomic mass is 32.2. The fourth-order valence-electron chi connectivity index (χ4n) is 2.24. The molecule has 19 heavy (non-hydrogen) atoms. The Morgan fingerprint density at radius 2 is 2.11 bits per heavy atom. The number of carbonyl (C=O) groups is 1. The minimum absolute atomic E-state index is 0.0469. The van der Waals surface area contributed by atoms with Gasteiger partial charge in [0, 0.05) is 19.4 Å². The third-order valence-electron chi connectivity index (χ3n) is 3.25. The van der Waals surface area contributed by atoms with Crippen molar-refractivity contribution < 1.29 is 9.53 Å². The van der Waals surface area contributed by atoms with Crippen LogP contribution in [-0.2, 0) is 9.53 Å². The van der Waals surface area contributed by atoms with Crippen LogP contribution < -0.4 is 0 Å². The number of rotatable bonds is 4. The first-order valence-electron chi connectivity index (χ1n) is 6.21. The summed E-state index contributed by atoms with van der Waals surface area (Å²) in [7, 11) is 1.64. The summed E-state index contributed by atoms with van der Waals surface area (Å²) < 4.78 is 6.20. The van der Waals surface area contributed by atoms with E-state index in [1.807, 2.05) is 37.3 Å². The number of hydrogen-bond acceptors (Lipinski definition) is 4. The number of nitrogens with zero attached hydrogens (tertiary/aromatic N) is 1. The fourth-order valence-corrected chi connectivity index (χ4v) is 3.46. The van der Waals surface area contributed by atoms with E-state index in [0.717, 1.165) is 11.3 Å². The molecular weight excluding hydrogens is 278 g/mol. The molecule has 1 fully saturated rings. The smallest absolute Gasteiger partial charge is 0.233 e. The lowest BCUT2D eigenvalue weighted by Crippen LogP contribution is -2.37. The largest absolute Gasteiger partial charge is 0.376 e. The normalized spacial score (nSPS) is 18.4. The zero-order valence-electron chi connectivity index (χ0n) is 11.0. The molecule has 102 valence electrons. The second kappa shape index (κ2) is 6.50. The molecule has 1 saturated heterocycles. The average Bonchev–Trinajstić information content (AvgIpc) is 2.86. The molecule has 0 saturated carbocycles. The fraction of sp³-hybridized carbons (Fsp3) is 0.429. The van der Waals surface area contributed by atoms with Crippen LogP contribution >= 0.6 is 24.0 Å². The number of hydrogen-bond donors (Lipinski definition) is 0. The van der Waals surface area contributed by atoms with Gasteiger partial charge in [-0.25, -0.2) is 0 Å². The highest BCUT2D eigenvalue weighted by Gasteiger charge is 2.33. The molecule has 0 spiro atoms. The first-order chi connectivity index (χ1) is 9.15. The highest BCUT2D eigenvalue weighted by Crippen LogP contribution is 2.29. The summed E-state index contributed by atoms with van der Waals surface area (Å²) in [5.41, 5.74) is 1.02. The van der Waals surface area contributed by atoms with Crippen molar-refractivity contribution >= 4 is 34.2 Å². The maximum Gasteiger partial charge on any atom is 0.233 e. The second-order valence-corrected chi connectivity index (χ2v) is 6.19. The standard InChI is InChI=1S/C14H17NO2S2/c1-10(13(16)15-8-9-19-14(15)18)12(17-2)11-6-4-3-5-7-11/h3-7,10,12H,8-9H2,1-2H3/t10-,12-/m1/s1. The molecule has 1 aliphatic rings. The van der Waals surface area contributed by atoms with Crippen molar-refractivity contribution in [2.45, 2.75) is 13.0 Å². The lowest BCUT2D eigenvalue weighted by atomic mass is 9.96. The number of carbonyl (C=O) groups excluding carboxylic acids is 1. The van der Waals surface area contributed by atoms with Gasteiger partial charge in [0.25, 0.3) is 0 Å². The van der Waals surface area contributed by atoms with Gasteiger partial charge in [-0.15, -0.1) is 0 Å². The number of methoxy groups -OCH3 is 1. The number of thiocarbonyl (C=S) groups is 1. The summed E-state index contributed by atoms with van der Waals surface area (Å²) in [5.74, 6) is 0.690. The molecule has 0 radical (unpaired) electrons. The van der Waals surface area contributed by atoms with Crippen molar-refractivity contribution in [2.24, 2.45) is 5.92 Å². The molecule has 3 nitrogen and oxygen atoms in total. The summed E-state index contributed by atoms with van der Waals surface area (Å²) in [4.78, 5) is 14.2. The van der Waals surface area contributed by atoms with Gasteiger partial charge in [-0.1, -0.05) is 61.2 Å². The van der Waals surface area contributed by atoms with Crippen LogP contribution in [0.5, 0.6) is 0 Å². The van der Waals surface area contributed by atoms with E-state index in [0.29, 0.717) is 10.9 Å². The zero-order valence-corrected chi connectivity index (χ0v) is 12.7. The molecule has 0 bridgehead atoms. The molecule has 1 amide bonds. The summed E-state index contributed by atoms with van der Waals surface area (Å²) in [6.45, 7) is 2.60. The number of amides is 1. The Bertz CT molecular complexity index is 464. The van der Waals surface area contributed by atoms with Gasteiger partial charge in [-0.05, 0) is 5.56 Å². The number of benzene rings is 1. The van der Waals surface area contributed by atoms with Crippen LogP contribution in [0.4, 0.5) is 0 Å². The van der Waals surface area contributed by atoms with Gasteiger partial charge in [-0.2, -0.15) is 0 Å². The van der Waals surface area contributed by atoms with Crippen molar-refractivity contribution in [2.75, 3.05) is 19.4 Å². The molecule has 0 unspecified atom stereocenters. The van der Waals surface area contributed by atoms with Crippen LogP contribution in [0.25, 0.3) is 0 Å². The highest BCUT2D eigenvalue weighted by molar-refractivity contribution is 8.23. The first-order valence-corrected chi connectivity index (χ1v) is 7.60. The molecule has 0 aromatic heterocycles. The Morgan fingerprint density at radius 1 is 1.42 bits per heavy atom. The average molecular weight is 295 g/mol. The van der Waals surface area contributed by atoms with E-state index in [-0.39, 0.29) is 17.9 Å². The van der Waals surface area contributed by atoms with Crippen molar-refractivity contribution in [3.63, 3.8) is 0 Å². The van der Waals surface area contributed by atoms with Gasteiger partial charge < -0.3 is 4.74 Å². The van der Waals surface area contributed by atoms with Crippen LogP contribution in [-0.4, -0.2) is 34.5 Å². The van der Waals surface area contributed by atoms with E-state index in [9.17, 15) is 4.79 Å². The third kappa shape index (κ3) is 3.16. The lowest BCUT2D eigenvalue weighted by Gasteiger charge is -2.26. The topological polar surface area (TPSA) is 29.5 Å². The maximum absolute atomic E-state index is 12.5. The van der Waals surface area contributed by atoms with Crippen molar-refractivity contribution in [1.29, 1.82) is 0 Å². The molecule has 1 heterocycles. The van der Waals surface area contributed by atoms with Gasteiger partial charge >= 0.3 is 0 Å². The van der Waals surface area contributed by atoms with Crippen LogP contribution in [0.1, 0.15) is 18.6 Å². The van der Waals surface area contributed by atoms with Gasteiger partial charge in [-0.3, -0.25) is 9.69 Å². The van der Waals surface area contributed by atoms with Gasteiger partial charge in [0.15, 0.2) is 0 Å². The Hall–Kier alpha value is -0.910. The third-order valence-corrected chi connectivity index (χ3v) is 4.68. The Balaban J connectivity index is 2.14. The Morgan fingerprint density at radius 3 is 2.63 bits per heavy atom. The van der Waals surface area contributed by atoms with E-state index < -0.39 is 0 Å². The molecule has 2 rings (SSSR count). The lowest BCUT2D eigenvalue weighted by molar-refractivity contribution is -0.135. The second-order valence-electron chi connectivity index (χ2n) is 4.46.